The van der Waals surface area contributed by atoms with Gasteiger partial charge in [-0.25, -0.2) is 0 Å². The SMILES string of the molecule is Cc1nn(C)c(CC(=O)c2cccc3ccccc23)c1Cl. The Morgan fingerprint density at radius 2 is 1.90 bits per heavy atom. The molecule has 1 aromatic heterocycles. The summed E-state index contributed by atoms with van der Waals surface area (Å²) >= 11 is 6.23. The van der Waals surface area contributed by atoms with E-state index < -0.39 is 0 Å². The van der Waals surface area contributed by atoms with Crippen LogP contribution in [0.1, 0.15) is 21.7 Å². The lowest BCUT2D eigenvalue weighted by Crippen LogP contribution is -2.08. The Balaban J connectivity index is 2.02. The van der Waals surface area contributed by atoms with Gasteiger partial charge in [0.2, 0.25) is 0 Å². The zero-order valence-electron chi connectivity index (χ0n) is 11.9. The van der Waals surface area contributed by atoms with Crippen molar-refractivity contribution < 1.29 is 4.79 Å². The van der Waals surface area contributed by atoms with Gasteiger partial charge in [-0.15, -0.1) is 0 Å². The predicted octanol–water partition coefficient (Wildman–Crippen LogP) is 3.96. The number of carbonyl (C=O) groups is 1. The summed E-state index contributed by atoms with van der Waals surface area (Å²) in [5.41, 5.74) is 2.23. The maximum Gasteiger partial charge on any atom is 0.169 e. The number of aryl methyl sites for hydroxylation is 2. The van der Waals surface area contributed by atoms with Crippen LogP contribution in [0.2, 0.25) is 5.02 Å². The molecule has 3 nitrogen and oxygen atoms in total. The van der Waals surface area contributed by atoms with Crippen LogP contribution in [0, 0.1) is 6.92 Å². The smallest absolute Gasteiger partial charge is 0.169 e. The van der Waals surface area contributed by atoms with Crippen molar-refractivity contribution in [2.24, 2.45) is 7.05 Å². The highest BCUT2D eigenvalue weighted by molar-refractivity contribution is 6.32. The summed E-state index contributed by atoms with van der Waals surface area (Å²) in [6.07, 6.45) is 0.254. The fourth-order valence-corrected chi connectivity index (χ4v) is 2.81. The van der Waals surface area contributed by atoms with Crippen molar-refractivity contribution in [2.45, 2.75) is 13.3 Å². The highest BCUT2D eigenvalue weighted by Gasteiger charge is 2.17. The molecule has 0 atom stereocenters. The molecule has 0 unspecified atom stereocenters. The highest BCUT2D eigenvalue weighted by atomic mass is 35.5. The molecular formula is C17H15ClN2O. The molecule has 0 aliphatic rings. The molecule has 0 aliphatic heterocycles. The molecule has 2 aromatic carbocycles. The van der Waals surface area contributed by atoms with Crippen LogP contribution in [0.4, 0.5) is 0 Å². The van der Waals surface area contributed by atoms with Crippen molar-refractivity contribution in [1.82, 2.24) is 9.78 Å². The summed E-state index contributed by atoms with van der Waals surface area (Å²) < 4.78 is 1.68. The molecule has 0 spiro atoms. The van der Waals surface area contributed by atoms with Crippen molar-refractivity contribution in [3.8, 4) is 0 Å². The average Bonchev–Trinajstić information content (AvgIpc) is 2.73. The third-order valence-electron chi connectivity index (χ3n) is 3.68. The van der Waals surface area contributed by atoms with Crippen LogP contribution in [0.15, 0.2) is 42.5 Å². The highest BCUT2D eigenvalue weighted by Crippen LogP contribution is 2.24. The van der Waals surface area contributed by atoms with Crippen molar-refractivity contribution in [1.29, 1.82) is 0 Å². The third-order valence-corrected chi connectivity index (χ3v) is 4.17. The number of hydrogen-bond donors (Lipinski definition) is 0. The van der Waals surface area contributed by atoms with E-state index in [1.54, 1.807) is 4.68 Å². The van der Waals surface area contributed by atoms with Gasteiger partial charge in [-0.05, 0) is 17.7 Å². The molecule has 4 heteroatoms. The lowest BCUT2D eigenvalue weighted by Gasteiger charge is -2.06. The van der Waals surface area contributed by atoms with Gasteiger partial charge in [0.1, 0.15) is 0 Å². The van der Waals surface area contributed by atoms with Crippen LogP contribution in [0.3, 0.4) is 0 Å². The molecule has 1 heterocycles. The number of Topliss-reactive ketones (excluding diaryl/α,β-unsaturated/α-hetero) is 1. The van der Waals surface area contributed by atoms with Crippen LogP contribution in [-0.4, -0.2) is 15.6 Å². The number of rotatable bonds is 3. The molecular weight excluding hydrogens is 284 g/mol. The van der Waals surface area contributed by atoms with Gasteiger partial charge in [-0.1, -0.05) is 54.1 Å². The first-order valence-electron chi connectivity index (χ1n) is 6.77. The predicted molar refractivity (Wildman–Crippen MR) is 84.9 cm³/mol. The van der Waals surface area contributed by atoms with Gasteiger partial charge in [-0.3, -0.25) is 9.48 Å². The van der Waals surface area contributed by atoms with E-state index in [9.17, 15) is 4.79 Å². The number of nitrogens with zero attached hydrogens (tertiary/aromatic N) is 2. The molecule has 0 aliphatic carbocycles. The minimum absolute atomic E-state index is 0.0525. The first kappa shape index (κ1) is 13.8. The fraction of sp³-hybridized carbons (Fsp3) is 0.176. The van der Waals surface area contributed by atoms with E-state index in [-0.39, 0.29) is 12.2 Å². The molecule has 3 aromatic rings. The van der Waals surface area contributed by atoms with Crippen LogP contribution < -0.4 is 0 Å². The Labute approximate surface area is 128 Å². The number of hydrogen-bond acceptors (Lipinski definition) is 2. The van der Waals surface area contributed by atoms with E-state index in [1.165, 1.54) is 0 Å². The van der Waals surface area contributed by atoms with Gasteiger partial charge >= 0.3 is 0 Å². The Bertz CT molecular complexity index is 831. The van der Waals surface area contributed by atoms with E-state index in [4.69, 9.17) is 11.6 Å². The summed E-state index contributed by atoms with van der Waals surface area (Å²) in [7, 11) is 1.81. The zero-order chi connectivity index (χ0) is 15.0. The lowest BCUT2D eigenvalue weighted by molar-refractivity contribution is 0.0992. The van der Waals surface area contributed by atoms with Crippen LogP contribution >= 0.6 is 11.6 Å². The van der Waals surface area contributed by atoms with Gasteiger partial charge in [0, 0.05) is 12.6 Å². The van der Waals surface area contributed by atoms with Crippen molar-refractivity contribution in [3.05, 3.63) is 64.4 Å². The van der Waals surface area contributed by atoms with Gasteiger partial charge in [-0.2, -0.15) is 5.10 Å². The summed E-state index contributed by atoms with van der Waals surface area (Å²) in [6, 6.07) is 13.7. The normalized spacial score (nSPS) is 11.0. The summed E-state index contributed by atoms with van der Waals surface area (Å²) in [5.74, 6) is 0.0525. The molecule has 0 amide bonds. The number of carbonyl (C=O) groups excluding carboxylic acids is 1. The summed E-state index contributed by atoms with van der Waals surface area (Å²) in [6.45, 7) is 1.84. The Kier molecular flexibility index (Phi) is 3.52. The number of halogens is 1. The van der Waals surface area contributed by atoms with E-state index >= 15 is 0 Å². The molecule has 0 N–H and O–H groups in total. The minimum atomic E-state index is 0.0525. The largest absolute Gasteiger partial charge is 0.294 e. The second kappa shape index (κ2) is 5.34. The molecule has 0 radical (unpaired) electrons. The van der Waals surface area contributed by atoms with Gasteiger partial charge in [0.25, 0.3) is 0 Å². The maximum absolute atomic E-state index is 12.6. The van der Waals surface area contributed by atoms with Crippen molar-refractivity contribution in [2.75, 3.05) is 0 Å². The van der Waals surface area contributed by atoms with Crippen molar-refractivity contribution >= 4 is 28.2 Å². The summed E-state index contributed by atoms with van der Waals surface area (Å²) in [5, 5.41) is 6.86. The quantitative estimate of drug-likeness (QED) is 0.686. The van der Waals surface area contributed by atoms with Crippen LogP contribution in [-0.2, 0) is 13.5 Å². The Morgan fingerprint density at radius 3 is 2.62 bits per heavy atom. The molecule has 3 rings (SSSR count). The second-order valence-electron chi connectivity index (χ2n) is 5.10. The standard InChI is InChI=1S/C17H15ClN2O/c1-11-17(18)15(20(2)19-11)10-16(21)14-9-5-7-12-6-3-4-8-13(12)14/h3-9H,10H2,1-2H3. The topological polar surface area (TPSA) is 34.9 Å². The van der Waals surface area contributed by atoms with Crippen molar-refractivity contribution in [3.63, 3.8) is 0 Å². The fourth-order valence-electron chi connectivity index (χ4n) is 2.59. The first-order chi connectivity index (χ1) is 10.1. The Morgan fingerprint density at radius 1 is 1.19 bits per heavy atom. The molecule has 0 saturated heterocycles. The Hall–Kier alpha value is -2.13. The number of aromatic nitrogens is 2. The first-order valence-corrected chi connectivity index (χ1v) is 7.14. The lowest BCUT2D eigenvalue weighted by atomic mass is 9.99. The number of benzene rings is 2. The number of fused-ring (bicyclic) bond motifs is 1. The average molecular weight is 299 g/mol. The third kappa shape index (κ3) is 2.45. The monoisotopic (exact) mass is 298 g/mol. The molecule has 0 fully saturated rings. The molecule has 0 bridgehead atoms. The molecule has 21 heavy (non-hydrogen) atoms. The minimum Gasteiger partial charge on any atom is -0.294 e. The van der Waals surface area contributed by atoms with Gasteiger partial charge in [0.05, 0.1) is 22.8 Å². The maximum atomic E-state index is 12.6. The number of ketones is 1. The summed E-state index contributed by atoms with van der Waals surface area (Å²) in [4.78, 5) is 12.6. The van der Waals surface area contributed by atoms with E-state index in [0.717, 1.165) is 27.7 Å². The van der Waals surface area contributed by atoms with E-state index in [0.29, 0.717) is 5.02 Å². The van der Waals surface area contributed by atoms with E-state index in [1.807, 2.05) is 56.4 Å². The van der Waals surface area contributed by atoms with Crippen LogP contribution in [0.25, 0.3) is 10.8 Å². The molecule has 106 valence electrons. The van der Waals surface area contributed by atoms with Gasteiger partial charge < -0.3 is 0 Å². The second-order valence-corrected chi connectivity index (χ2v) is 5.47. The van der Waals surface area contributed by atoms with E-state index in [2.05, 4.69) is 5.10 Å². The van der Waals surface area contributed by atoms with Crippen LogP contribution in [0.5, 0.6) is 0 Å². The zero-order valence-corrected chi connectivity index (χ0v) is 12.7. The van der Waals surface area contributed by atoms with Gasteiger partial charge in [0.15, 0.2) is 5.78 Å². The molecule has 0 saturated carbocycles.